The number of carbonyl (C=O) groups is 1. The Morgan fingerprint density at radius 2 is 1.85 bits per heavy atom. The molecule has 0 bridgehead atoms. The summed E-state index contributed by atoms with van der Waals surface area (Å²) in [5, 5.41) is 5.69. The van der Waals surface area contributed by atoms with E-state index >= 15 is 0 Å². The first kappa shape index (κ1) is 16.8. The summed E-state index contributed by atoms with van der Waals surface area (Å²) < 4.78 is 3.37. The Bertz CT molecular complexity index is 1150. The van der Waals surface area contributed by atoms with Crippen molar-refractivity contribution in [3.8, 4) is 5.69 Å². The fourth-order valence-corrected chi connectivity index (χ4v) is 3.08. The number of nitrogens with zero attached hydrogens (tertiary/aromatic N) is 3. The van der Waals surface area contributed by atoms with Gasteiger partial charge >= 0.3 is 0 Å². The SMILES string of the molecule is Cn1c(CCNC(=O)c2cc(=O)n(-c3ccccc3)[nH]2)nc2ccccc21. The maximum Gasteiger partial charge on any atom is 0.271 e. The van der Waals surface area contributed by atoms with Gasteiger partial charge in [0.05, 0.1) is 16.7 Å². The van der Waals surface area contributed by atoms with Crippen LogP contribution < -0.4 is 10.9 Å². The third kappa shape index (κ3) is 3.27. The molecule has 2 heterocycles. The summed E-state index contributed by atoms with van der Waals surface area (Å²) >= 11 is 0. The maximum absolute atomic E-state index is 12.4. The average Bonchev–Trinajstić information content (AvgIpc) is 3.23. The molecule has 27 heavy (non-hydrogen) atoms. The van der Waals surface area contributed by atoms with E-state index in [4.69, 9.17) is 0 Å². The van der Waals surface area contributed by atoms with Gasteiger partial charge in [-0.2, -0.15) is 0 Å². The Hall–Kier alpha value is -3.61. The number of aromatic nitrogens is 4. The number of hydrogen-bond acceptors (Lipinski definition) is 3. The van der Waals surface area contributed by atoms with Crippen LogP contribution in [-0.2, 0) is 13.5 Å². The molecule has 2 N–H and O–H groups in total. The molecule has 7 heteroatoms. The van der Waals surface area contributed by atoms with Gasteiger partial charge in [0.25, 0.3) is 11.5 Å². The second-order valence-corrected chi connectivity index (χ2v) is 6.26. The van der Waals surface area contributed by atoms with E-state index in [0.717, 1.165) is 16.9 Å². The van der Waals surface area contributed by atoms with Crippen LogP contribution in [0.5, 0.6) is 0 Å². The number of H-pyrrole nitrogens is 1. The molecule has 0 saturated carbocycles. The van der Waals surface area contributed by atoms with Gasteiger partial charge in [0.1, 0.15) is 11.5 Å². The highest BCUT2D eigenvalue weighted by molar-refractivity contribution is 5.92. The number of benzene rings is 2. The molecule has 0 unspecified atom stereocenters. The first-order chi connectivity index (χ1) is 13.1. The second kappa shape index (κ2) is 6.95. The molecular weight excluding hydrogens is 342 g/mol. The van der Waals surface area contributed by atoms with E-state index in [1.165, 1.54) is 10.7 Å². The number of imidazole rings is 1. The summed E-state index contributed by atoms with van der Waals surface area (Å²) in [6.45, 7) is 0.425. The summed E-state index contributed by atoms with van der Waals surface area (Å²) in [4.78, 5) is 29.1. The maximum atomic E-state index is 12.4. The molecule has 7 nitrogen and oxygen atoms in total. The summed E-state index contributed by atoms with van der Waals surface area (Å²) in [5.41, 5.74) is 2.63. The lowest BCUT2D eigenvalue weighted by Crippen LogP contribution is -2.26. The molecule has 0 fully saturated rings. The highest BCUT2D eigenvalue weighted by atomic mass is 16.2. The van der Waals surface area contributed by atoms with Crippen LogP contribution in [0.15, 0.2) is 65.5 Å². The number of rotatable bonds is 5. The molecule has 0 aliphatic rings. The Morgan fingerprint density at radius 1 is 1.11 bits per heavy atom. The third-order valence-corrected chi connectivity index (χ3v) is 4.49. The van der Waals surface area contributed by atoms with Gasteiger partial charge < -0.3 is 9.88 Å². The molecule has 1 amide bonds. The van der Waals surface area contributed by atoms with Crippen molar-refractivity contribution in [3.05, 3.63) is 82.5 Å². The molecule has 0 aliphatic carbocycles. The molecular formula is C20H19N5O2. The van der Waals surface area contributed by atoms with Crippen molar-refractivity contribution in [2.24, 2.45) is 7.05 Å². The molecule has 136 valence electrons. The van der Waals surface area contributed by atoms with Crippen LogP contribution in [0.25, 0.3) is 16.7 Å². The van der Waals surface area contributed by atoms with E-state index in [-0.39, 0.29) is 17.2 Å². The number of hydrogen-bond donors (Lipinski definition) is 2. The van der Waals surface area contributed by atoms with Crippen molar-refractivity contribution < 1.29 is 4.79 Å². The fourth-order valence-electron chi connectivity index (χ4n) is 3.08. The molecule has 0 atom stereocenters. The minimum absolute atomic E-state index is 0.230. The smallest absolute Gasteiger partial charge is 0.271 e. The Morgan fingerprint density at radius 3 is 2.63 bits per heavy atom. The van der Waals surface area contributed by atoms with Gasteiger partial charge in [0, 0.05) is 26.1 Å². The molecule has 0 aliphatic heterocycles. The fraction of sp³-hybridized carbons (Fsp3) is 0.150. The molecule has 0 spiro atoms. The summed E-state index contributed by atoms with van der Waals surface area (Å²) in [6.07, 6.45) is 0.598. The monoisotopic (exact) mass is 361 g/mol. The van der Waals surface area contributed by atoms with Gasteiger partial charge in [0.2, 0.25) is 0 Å². The highest BCUT2D eigenvalue weighted by Crippen LogP contribution is 2.14. The molecule has 0 radical (unpaired) electrons. The zero-order valence-corrected chi connectivity index (χ0v) is 14.8. The van der Waals surface area contributed by atoms with E-state index in [2.05, 4.69) is 15.4 Å². The highest BCUT2D eigenvalue weighted by Gasteiger charge is 2.13. The van der Waals surface area contributed by atoms with E-state index < -0.39 is 0 Å². The molecule has 4 aromatic rings. The van der Waals surface area contributed by atoms with Gasteiger partial charge in [-0.15, -0.1) is 0 Å². The van der Waals surface area contributed by atoms with Crippen LogP contribution in [0, 0.1) is 0 Å². The van der Waals surface area contributed by atoms with Crippen LogP contribution in [0.2, 0.25) is 0 Å². The minimum atomic E-state index is -0.319. The standard InChI is InChI=1S/C20H19N5O2/c1-24-17-10-6-5-9-15(17)22-18(24)11-12-21-20(27)16-13-19(26)25(23-16)14-7-3-2-4-8-14/h2-10,13,23H,11-12H2,1H3,(H,21,27). The summed E-state index contributed by atoms with van der Waals surface area (Å²) in [5.74, 6) is 0.576. The Balaban J connectivity index is 1.44. The quantitative estimate of drug-likeness (QED) is 0.570. The first-order valence-corrected chi connectivity index (χ1v) is 8.69. The Kier molecular flexibility index (Phi) is 4.33. The molecule has 2 aromatic carbocycles. The number of nitrogens with one attached hydrogen (secondary N) is 2. The van der Waals surface area contributed by atoms with Gasteiger partial charge in [-0.1, -0.05) is 30.3 Å². The molecule has 4 rings (SSSR count). The number of aromatic amines is 1. The number of para-hydroxylation sites is 3. The van der Waals surface area contributed by atoms with Crippen LogP contribution in [-0.4, -0.2) is 31.8 Å². The zero-order chi connectivity index (χ0) is 18.8. The van der Waals surface area contributed by atoms with E-state index in [0.29, 0.717) is 18.7 Å². The van der Waals surface area contributed by atoms with Crippen LogP contribution in [0.1, 0.15) is 16.3 Å². The van der Waals surface area contributed by atoms with Crippen molar-refractivity contribution >= 4 is 16.9 Å². The topological polar surface area (TPSA) is 84.7 Å². The number of fused-ring (bicyclic) bond motifs is 1. The van der Waals surface area contributed by atoms with Crippen molar-refractivity contribution in [1.29, 1.82) is 0 Å². The lowest BCUT2D eigenvalue weighted by atomic mass is 10.3. The second-order valence-electron chi connectivity index (χ2n) is 6.26. The van der Waals surface area contributed by atoms with Crippen LogP contribution >= 0.6 is 0 Å². The number of carbonyl (C=O) groups excluding carboxylic acids is 1. The van der Waals surface area contributed by atoms with Crippen molar-refractivity contribution in [3.63, 3.8) is 0 Å². The van der Waals surface area contributed by atoms with E-state index in [1.54, 1.807) is 12.1 Å². The van der Waals surface area contributed by atoms with Crippen LogP contribution in [0.4, 0.5) is 0 Å². The van der Waals surface area contributed by atoms with Gasteiger partial charge in [-0.05, 0) is 24.3 Å². The van der Waals surface area contributed by atoms with E-state index in [9.17, 15) is 9.59 Å². The van der Waals surface area contributed by atoms with Crippen molar-refractivity contribution in [1.82, 2.24) is 24.6 Å². The average molecular weight is 361 g/mol. The summed E-state index contributed by atoms with van der Waals surface area (Å²) in [6, 6.07) is 18.3. The zero-order valence-electron chi connectivity index (χ0n) is 14.8. The number of aryl methyl sites for hydroxylation is 1. The van der Waals surface area contributed by atoms with E-state index in [1.807, 2.05) is 54.1 Å². The van der Waals surface area contributed by atoms with Gasteiger partial charge in [-0.25, -0.2) is 9.67 Å². The number of amides is 1. The minimum Gasteiger partial charge on any atom is -0.350 e. The molecule has 2 aromatic heterocycles. The first-order valence-electron chi connectivity index (χ1n) is 8.69. The van der Waals surface area contributed by atoms with Gasteiger partial charge in [0.15, 0.2) is 0 Å². The third-order valence-electron chi connectivity index (χ3n) is 4.49. The van der Waals surface area contributed by atoms with Crippen molar-refractivity contribution in [2.45, 2.75) is 6.42 Å². The predicted molar refractivity (Wildman–Crippen MR) is 103 cm³/mol. The lowest BCUT2D eigenvalue weighted by molar-refractivity contribution is 0.0948. The van der Waals surface area contributed by atoms with Gasteiger partial charge in [-0.3, -0.25) is 14.7 Å². The summed E-state index contributed by atoms with van der Waals surface area (Å²) in [7, 11) is 1.96. The largest absolute Gasteiger partial charge is 0.350 e. The lowest BCUT2D eigenvalue weighted by Gasteiger charge is -2.05. The predicted octanol–water partition coefficient (Wildman–Crippen LogP) is 2.02. The molecule has 0 saturated heterocycles. The van der Waals surface area contributed by atoms with Crippen molar-refractivity contribution in [2.75, 3.05) is 6.54 Å². The Labute approximate surface area is 155 Å². The van der Waals surface area contributed by atoms with Crippen LogP contribution in [0.3, 0.4) is 0 Å². The normalized spacial score (nSPS) is 11.0.